The van der Waals surface area contributed by atoms with Gasteiger partial charge in [-0.05, 0) is 121 Å². The molecule has 0 amide bonds. The highest BCUT2D eigenvalue weighted by Gasteiger charge is 2.35. The molecule has 1 aliphatic rings. The maximum absolute atomic E-state index is 6.23. The van der Waals surface area contributed by atoms with Crippen molar-refractivity contribution in [2.75, 3.05) is 0 Å². The van der Waals surface area contributed by atoms with Crippen LogP contribution in [-0.4, -0.2) is 9.97 Å². The van der Waals surface area contributed by atoms with Crippen molar-refractivity contribution in [1.82, 2.24) is 9.97 Å². The lowest BCUT2D eigenvalue weighted by molar-refractivity contribution is 0.660. The van der Waals surface area contributed by atoms with Crippen LogP contribution in [0.5, 0.6) is 0 Å². The summed E-state index contributed by atoms with van der Waals surface area (Å²) in [6.45, 7) is 4.65. The summed E-state index contributed by atoms with van der Waals surface area (Å²) < 4.78 is 6.23. The first kappa shape index (κ1) is 36.0. The standard InChI is InChI=1S/C59H40N2O/c1-59(2)52-18-10-8-16-48(52)50-34-43(26-28-53(50)59)38-20-23-39(24-21-38)54-36-55(61-58(60-54)40-13-4-3-5-14-40)47-32-45(42-25-22-37-12-6-7-15-41(37)30-42)31-46(33-47)44-27-29-57-51(35-44)49-17-9-11-19-56(49)62-57/h3-36H,1-2H3. The van der Waals surface area contributed by atoms with E-state index in [-0.39, 0.29) is 5.41 Å². The summed E-state index contributed by atoms with van der Waals surface area (Å²) in [5.41, 5.74) is 18.8. The predicted molar refractivity (Wildman–Crippen MR) is 257 cm³/mol. The van der Waals surface area contributed by atoms with E-state index in [1.165, 1.54) is 44.2 Å². The molecule has 0 atom stereocenters. The van der Waals surface area contributed by atoms with E-state index in [1.807, 2.05) is 30.3 Å². The number of hydrogen-bond acceptors (Lipinski definition) is 3. The second kappa shape index (κ2) is 14.1. The molecule has 0 saturated heterocycles. The van der Waals surface area contributed by atoms with Gasteiger partial charge in [0.1, 0.15) is 11.2 Å². The Kier molecular flexibility index (Phi) is 8.20. The van der Waals surface area contributed by atoms with Gasteiger partial charge < -0.3 is 4.42 Å². The lowest BCUT2D eigenvalue weighted by Gasteiger charge is -2.21. The monoisotopic (exact) mass is 792 g/mol. The zero-order valence-electron chi connectivity index (χ0n) is 34.4. The number of hydrogen-bond donors (Lipinski definition) is 0. The molecule has 292 valence electrons. The molecular weight excluding hydrogens is 753 g/mol. The van der Waals surface area contributed by atoms with E-state index in [2.05, 4.69) is 190 Å². The first-order valence-corrected chi connectivity index (χ1v) is 21.3. The molecule has 0 N–H and O–H groups in total. The number of aromatic nitrogens is 2. The zero-order chi connectivity index (χ0) is 41.4. The molecule has 0 saturated carbocycles. The van der Waals surface area contributed by atoms with Crippen molar-refractivity contribution in [3.63, 3.8) is 0 Å². The van der Waals surface area contributed by atoms with Crippen molar-refractivity contribution < 1.29 is 4.42 Å². The Balaban J connectivity index is 0.997. The van der Waals surface area contributed by atoms with Gasteiger partial charge in [0.05, 0.1) is 11.4 Å². The molecule has 2 heterocycles. The molecule has 0 fully saturated rings. The summed E-state index contributed by atoms with van der Waals surface area (Å²) in [6, 6.07) is 73.9. The van der Waals surface area contributed by atoms with Gasteiger partial charge in [-0.25, -0.2) is 9.97 Å². The third-order valence-electron chi connectivity index (χ3n) is 12.9. The molecule has 0 spiro atoms. The third-order valence-corrected chi connectivity index (χ3v) is 12.9. The first-order chi connectivity index (χ1) is 30.4. The van der Waals surface area contributed by atoms with Crippen molar-refractivity contribution in [3.8, 4) is 78.4 Å². The molecule has 0 aliphatic heterocycles. The number of rotatable bonds is 6. The lowest BCUT2D eigenvalue weighted by Crippen LogP contribution is -2.14. The summed E-state index contributed by atoms with van der Waals surface area (Å²) in [7, 11) is 0. The van der Waals surface area contributed by atoms with Crippen LogP contribution in [0.25, 0.3) is 111 Å². The van der Waals surface area contributed by atoms with E-state index < -0.39 is 0 Å². The average Bonchev–Trinajstić information content (AvgIpc) is 3.82. The Morgan fingerprint density at radius 2 is 0.919 bits per heavy atom. The predicted octanol–water partition coefficient (Wildman–Crippen LogP) is 15.8. The van der Waals surface area contributed by atoms with Gasteiger partial charge in [-0.1, -0.05) is 166 Å². The van der Waals surface area contributed by atoms with E-state index in [0.29, 0.717) is 5.82 Å². The van der Waals surface area contributed by atoms with Gasteiger partial charge in [-0.15, -0.1) is 0 Å². The van der Waals surface area contributed by atoms with Crippen molar-refractivity contribution in [2.24, 2.45) is 0 Å². The van der Waals surface area contributed by atoms with Gasteiger partial charge in [-0.3, -0.25) is 0 Å². The van der Waals surface area contributed by atoms with Gasteiger partial charge in [0.2, 0.25) is 0 Å². The van der Waals surface area contributed by atoms with Gasteiger partial charge in [0.15, 0.2) is 5.82 Å². The van der Waals surface area contributed by atoms with Crippen molar-refractivity contribution in [2.45, 2.75) is 19.3 Å². The Bertz CT molecular complexity index is 3540. The molecule has 2 aromatic heterocycles. The average molecular weight is 793 g/mol. The maximum Gasteiger partial charge on any atom is 0.160 e. The van der Waals surface area contributed by atoms with Crippen LogP contribution in [0, 0.1) is 0 Å². The van der Waals surface area contributed by atoms with Gasteiger partial charge in [0.25, 0.3) is 0 Å². The molecule has 0 bridgehead atoms. The molecular formula is C59H40N2O. The van der Waals surface area contributed by atoms with Crippen LogP contribution in [0.4, 0.5) is 0 Å². The van der Waals surface area contributed by atoms with E-state index in [4.69, 9.17) is 14.4 Å². The minimum Gasteiger partial charge on any atom is -0.456 e. The molecule has 0 unspecified atom stereocenters. The minimum atomic E-state index is -0.0203. The Morgan fingerprint density at radius 3 is 1.76 bits per heavy atom. The zero-order valence-corrected chi connectivity index (χ0v) is 34.4. The summed E-state index contributed by atoms with van der Waals surface area (Å²) in [5, 5.41) is 4.63. The van der Waals surface area contributed by atoms with E-state index in [9.17, 15) is 0 Å². The fraction of sp³-hybridized carbons (Fsp3) is 0.0508. The number of fused-ring (bicyclic) bond motifs is 7. The molecule has 1 aliphatic carbocycles. The second-order valence-electron chi connectivity index (χ2n) is 17.0. The van der Waals surface area contributed by atoms with Crippen LogP contribution in [-0.2, 0) is 5.41 Å². The van der Waals surface area contributed by atoms with Crippen LogP contribution in [0.3, 0.4) is 0 Å². The van der Waals surface area contributed by atoms with Crippen molar-refractivity contribution in [3.05, 3.63) is 217 Å². The minimum absolute atomic E-state index is 0.0203. The van der Waals surface area contributed by atoms with Gasteiger partial charge >= 0.3 is 0 Å². The third kappa shape index (κ3) is 6.04. The molecule has 3 heteroatoms. The fourth-order valence-electron chi connectivity index (χ4n) is 9.58. The highest BCUT2D eigenvalue weighted by molar-refractivity contribution is 6.06. The summed E-state index contributed by atoms with van der Waals surface area (Å²) in [4.78, 5) is 10.5. The molecule has 9 aromatic carbocycles. The van der Waals surface area contributed by atoms with Gasteiger partial charge in [-0.2, -0.15) is 0 Å². The number of furan rings is 1. The lowest BCUT2D eigenvalue weighted by atomic mass is 9.82. The molecule has 11 aromatic rings. The normalized spacial score (nSPS) is 12.8. The van der Waals surface area contributed by atoms with Crippen LogP contribution >= 0.6 is 0 Å². The number of benzene rings is 9. The van der Waals surface area contributed by atoms with E-state index in [1.54, 1.807) is 0 Å². The van der Waals surface area contributed by atoms with Gasteiger partial charge in [0, 0.05) is 32.9 Å². The van der Waals surface area contributed by atoms with Crippen LogP contribution in [0.1, 0.15) is 25.0 Å². The summed E-state index contributed by atoms with van der Waals surface area (Å²) in [6.07, 6.45) is 0. The second-order valence-corrected chi connectivity index (χ2v) is 17.0. The highest BCUT2D eigenvalue weighted by atomic mass is 16.3. The SMILES string of the molecule is CC1(C)c2ccccc2-c2cc(-c3ccc(-c4cc(-c5cc(-c6ccc7ccccc7c6)cc(-c6ccc7oc8ccccc8c7c6)c5)nc(-c5ccccc5)n4)cc3)ccc21. The van der Waals surface area contributed by atoms with Crippen molar-refractivity contribution >= 4 is 32.7 Å². The Hall–Kier alpha value is -7.88. The molecule has 0 radical (unpaired) electrons. The summed E-state index contributed by atoms with van der Waals surface area (Å²) in [5.74, 6) is 0.686. The quantitative estimate of drug-likeness (QED) is 0.168. The molecule has 12 rings (SSSR count). The number of nitrogens with zero attached hydrogens (tertiary/aromatic N) is 2. The Morgan fingerprint density at radius 1 is 0.339 bits per heavy atom. The van der Waals surface area contributed by atoms with Crippen LogP contribution in [0.2, 0.25) is 0 Å². The fourth-order valence-corrected chi connectivity index (χ4v) is 9.58. The van der Waals surface area contributed by atoms with E-state index >= 15 is 0 Å². The highest BCUT2D eigenvalue weighted by Crippen LogP contribution is 2.49. The molecule has 3 nitrogen and oxygen atoms in total. The smallest absolute Gasteiger partial charge is 0.160 e. The molecule has 62 heavy (non-hydrogen) atoms. The van der Waals surface area contributed by atoms with Crippen molar-refractivity contribution in [1.29, 1.82) is 0 Å². The number of para-hydroxylation sites is 1. The largest absolute Gasteiger partial charge is 0.456 e. The summed E-state index contributed by atoms with van der Waals surface area (Å²) >= 11 is 0. The first-order valence-electron chi connectivity index (χ1n) is 21.3. The maximum atomic E-state index is 6.23. The Labute approximate surface area is 360 Å². The van der Waals surface area contributed by atoms with Crippen LogP contribution in [0.15, 0.2) is 211 Å². The van der Waals surface area contributed by atoms with Crippen LogP contribution < -0.4 is 0 Å². The topological polar surface area (TPSA) is 38.9 Å². The van der Waals surface area contributed by atoms with E-state index in [0.717, 1.165) is 72.3 Å².